The molecule has 2 aromatic heterocycles. The van der Waals surface area contributed by atoms with Gasteiger partial charge in [0.05, 0.1) is 10.7 Å². The SMILES string of the molecule is CCCc1nc(Cc2nccs2)c(C)c(NCC)n1. The number of thiazole rings is 1. The Morgan fingerprint density at radius 3 is 2.74 bits per heavy atom. The number of nitrogens with zero attached hydrogens (tertiary/aromatic N) is 3. The van der Waals surface area contributed by atoms with E-state index in [9.17, 15) is 0 Å². The molecule has 1 N–H and O–H groups in total. The van der Waals surface area contributed by atoms with Gasteiger partial charge in [-0.25, -0.2) is 15.0 Å². The maximum Gasteiger partial charge on any atom is 0.132 e. The van der Waals surface area contributed by atoms with Crippen LogP contribution in [0.2, 0.25) is 0 Å². The van der Waals surface area contributed by atoms with Gasteiger partial charge in [-0.3, -0.25) is 0 Å². The lowest BCUT2D eigenvalue weighted by Gasteiger charge is -2.12. The van der Waals surface area contributed by atoms with Gasteiger partial charge in [0.25, 0.3) is 0 Å². The quantitative estimate of drug-likeness (QED) is 0.880. The summed E-state index contributed by atoms with van der Waals surface area (Å²) in [5.74, 6) is 1.89. The molecular weight excluding hydrogens is 256 g/mol. The number of nitrogens with one attached hydrogen (secondary N) is 1. The largest absolute Gasteiger partial charge is 0.370 e. The number of rotatable bonds is 6. The molecule has 102 valence electrons. The van der Waals surface area contributed by atoms with Crippen molar-refractivity contribution in [1.82, 2.24) is 15.0 Å². The molecule has 0 atom stereocenters. The van der Waals surface area contributed by atoms with Crippen molar-refractivity contribution in [2.45, 2.75) is 40.0 Å². The Balaban J connectivity index is 2.33. The smallest absolute Gasteiger partial charge is 0.132 e. The number of hydrogen-bond donors (Lipinski definition) is 1. The minimum atomic E-state index is 0.793. The lowest BCUT2D eigenvalue weighted by molar-refractivity contribution is 0.810. The van der Waals surface area contributed by atoms with Crippen LogP contribution < -0.4 is 5.32 Å². The molecule has 0 bridgehead atoms. The molecule has 0 radical (unpaired) electrons. The topological polar surface area (TPSA) is 50.7 Å². The molecule has 0 saturated heterocycles. The molecule has 0 aliphatic carbocycles. The predicted molar refractivity (Wildman–Crippen MR) is 79.8 cm³/mol. The van der Waals surface area contributed by atoms with Gasteiger partial charge >= 0.3 is 0 Å². The second-order valence-corrected chi connectivity index (χ2v) is 5.42. The van der Waals surface area contributed by atoms with E-state index >= 15 is 0 Å². The lowest BCUT2D eigenvalue weighted by Crippen LogP contribution is -2.10. The standard InChI is InChI=1S/C14H20N4S/c1-4-6-12-17-11(9-13-16-7-8-19-13)10(3)14(18-12)15-5-2/h7-8H,4-6,9H2,1-3H3,(H,15,17,18). The monoisotopic (exact) mass is 276 g/mol. The Morgan fingerprint density at radius 2 is 2.11 bits per heavy atom. The summed E-state index contributed by atoms with van der Waals surface area (Å²) in [7, 11) is 0. The van der Waals surface area contributed by atoms with Crippen LogP contribution >= 0.6 is 11.3 Å². The summed E-state index contributed by atoms with van der Waals surface area (Å²) in [4.78, 5) is 13.6. The molecule has 2 aromatic rings. The number of hydrogen-bond acceptors (Lipinski definition) is 5. The molecule has 0 fully saturated rings. The molecule has 0 amide bonds. The van der Waals surface area contributed by atoms with Gasteiger partial charge in [0.1, 0.15) is 11.6 Å². The average molecular weight is 276 g/mol. The van der Waals surface area contributed by atoms with Gasteiger partial charge in [-0.05, 0) is 20.3 Å². The summed E-state index contributed by atoms with van der Waals surface area (Å²) in [5, 5.41) is 6.43. The molecule has 5 heteroatoms. The van der Waals surface area contributed by atoms with E-state index in [4.69, 9.17) is 4.98 Å². The first kappa shape index (κ1) is 13.9. The van der Waals surface area contributed by atoms with Crippen LogP contribution in [-0.2, 0) is 12.8 Å². The van der Waals surface area contributed by atoms with Crippen LogP contribution in [0.4, 0.5) is 5.82 Å². The second-order valence-electron chi connectivity index (χ2n) is 4.44. The van der Waals surface area contributed by atoms with E-state index in [-0.39, 0.29) is 0 Å². The third-order valence-electron chi connectivity index (χ3n) is 2.91. The van der Waals surface area contributed by atoms with Crippen molar-refractivity contribution in [2.75, 3.05) is 11.9 Å². The van der Waals surface area contributed by atoms with Crippen LogP contribution in [0.25, 0.3) is 0 Å². The van der Waals surface area contributed by atoms with Crippen LogP contribution in [0.5, 0.6) is 0 Å². The Labute approximate surface area is 118 Å². The first-order valence-electron chi connectivity index (χ1n) is 6.73. The fraction of sp³-hybridized carbons (Fsp3) is 0.500. The van der Waals surface area contributed by atoms with Crippen molar-refractivity contribution in [3.05, 3.63) is 33.7 Å². The van der Waals surface area contributed by atoms with E-state index in [2.05, 4.69) is 36.1 Å². The predicted octanol–water partition coefficient (Wildman–Crippen LogP) is 3.22. The van der Waals surface area contributed by atoms with E-state index in [1.54, 1.807) is 11.3 Å². The van der Waals surface area contributed by atoms with Gasteiger partial charge < -0.3 is 5.32 Å². The zero-order chi connectivity index (χ0) is 13.7. The Morgan fingerprint density at radius 1 is 1.26 bits per heavy atom. The normalized spacial score (nSPS) is 10.7. The molecule has 0 spiro atoms. The number of aryl methyl sites for hydroxylation is 1. The molecule has 4 nitrogen and oxygen atoms in total. The highest BCUT2D eigenvalue weighted by atomic mass is 32.1. The van der Waals surface area contributed by atoms with Gasteiger partial charge in [-0.15, -0.1) is 11.3 Å². The van der Waals surface area contributed by atoms with E-state index < -0.39 is 0 Å². The fourth-order valence-corrected chi connectivity index (χ4v) is 2.57. The van der Waals surface area contributed by atoms with Gasteiger partial charge in [-0.2, -0.15) is 0 Å². The van der Waals surface area contributed by atoms with Gasteiger partial charge in [-0.1, -0.05) is 6.92 Å². The third-order valence-corrected chi connectivity index (χ3v) is 3.69. The zero-order valence-corrected chi connectivity index (χ0v) is 12.5. The van der Waals surface area contributed by atoms with Crippen molar-refractivity contribution in [3.8, 4) is 0 Å². The highest BCUT2D eigenvalue weighted by molar-refractivity contribution is 7.09. The number of anilines is 1. The molecule has 19 heavy (non-hydrogen) atoms. The Kier molecular flexibility index (Phi) is 4.85. The molecule has 0 aliphatic rings. The summed E-state index contributed by atoms with van der Waals surface area (Å²) in [6, 6.07) is 0. The van der Waals surface area contributed by atoms with Gasteiger partial charge in [0.2, 0.25) is 0 Å². The van der Waals surface area contributed by atoms with Crippen LogP contribution in [0.3, 0.4) is 0 Å². The fourth-order valence-electron chi connectivity index (χ4n) is 1.94. The molecule has 0 aromatic carbocycles. The van der Waals surface area contributed by atoms with E-state index in [1.165, 1.54) is 0 Å². The minimum absolute atomic E-state index is 0.793. The minimum Gasteiger partial charge on any atom is -0.370 e. The summed E-state index contributed by atoms with van der Waals surface area (Å²) in [5.41, 5.74) is 2.22. The van der Waals surface area contributed by atoms with Crippen molar-refractivity contribution in [2.24, 2.45) is 0 Å². The molecule has 0 saturated carbocycles. The van der Waals surface area contributed by atoms with Crippen LogP contribution in [0.1, 0.15) is 42.4 Å². The molecule has 0 unspecified atom stereocenters. The first-order chi connectivity index (χ1) is 9.24. The van der Waals surface area contributed by atoms with E-state index in [0.717, 1.165) is 53.7 Å². The van der Waals surface area contributed by atoms with Crippen molar-refractivity contribution < 1.29 is 0 Å². The maximum absolute atomic E-state index is 4.70. The molecule has 2 rings (SSSR count). The van der Waals surface area contributed by atoms with Crippen LogP contribution in [0.15, 0.2) is 11.6 Å². The average Bonchev–Trinajstić information content (AvgIpc) is 2.88. The van der Waals surface area contributed by atoms with Crippen molar-refractivity contribution in [3.63, 3.8) is 0 Å². The first-order valence-corrected chi connectivity index (χ1v) is 7.61. The zero-order valence-electron chi connectivity index (χ0n) is 11.7. The van der Waals surface area contributed by atoms with Crippen LogP contribution in [-0.4, -0.2) is 21.5 Å². The summed E-state index contributed by atoms with van der Waals surface area (Å²) in [6.45, 7) is 7.19. The van der Waals surface area contributed by atoms with Crippen LogP contribution in [0, 0.1) is 6.92 Å². The van der Waals surface area contributed by atoms with Crippen molar-refractivity contribution >= 4 is 17.2 Å². The van der Waals surface area contributed by atoms with E-state index in [1.807, 2.05) is 11.6 Å². The number of aromatic nitrogens is 3. The van der Waals surface area contributed by atoms with Gasteiger partial charge in [0.15, 0.2) is 0 Å². The highest BCUT2D eigenvalue weighted by Crippen LogP contribution is 2.20. The van der Waals surface area contributed by atoms with Crippen molar-refractivity contribution in [1.29, 1.82) is 0 Å². The van der Waals surface area contributed by atoms with E-state index in [0.29, 0.717) is 0 Å². The van der Waals surface area contributed by atoms with Gasteiger partial charge in [0, 0.05) is 36.5 Å². The molecular formula is C14H20N4S. The highest BCUT2D eigenvalue weighted by Gasteiger charge is 2.11. The Bertz CT molecular complexity index is 522. The maximum atomic E-state index is 4.70. The Hall–Kier alpha value is -1.49. The summed E-state index contributed by atoms with van der Waals surface area (Å²) < 4.78 is 0. The summed E-state index contributed by atoms with van der Waals surface area (Å²) in [6.07, 6.45) is 4.62. The molecule has 0 aliphatic heterocycles. The lowest BCUT2D eigenvalue weighted by atomic mass is 10.1. The summed E-state index contributed by atoms with van der Waals surface area (Å²) >= 11 is 1.67. The second kappa shape index (κ2) is 6.61. The molecule has 2 heterocycles. The third kappa shape index (κ3) is 3.50.